The van der Waals surface area contributed by atoms with E-state index in [0.717, 1.165) is 11.1 Å². The fourth-order valence-corrected chi connectivity index (χ4v) is 2.69. The summed E-state index contributed by atoms with van der Waals surface area (Å²) in [4.78, 5) is 29.8. The van der Waals surface area contributed by atoms with Gasteiger partial charge in [0.2, 0.25) is 5.91 Å². The van der Waals surface area contributed by atoms with Crippen LogP contribution in [0.1, 0.15) is 17.3 Å². The Labute approximate surface area is 150 Å². The van der Waals surface area contributed by atoms with Gasteiger partial charge in [0, 0.05) is 36.9 Å². The quantitative estimate of drug-likeness (QED) is 0.770. The summed E-state index contributed by atoms with van der Waals surface area (Å²) in [5, 5.41) is 4.12. The van der Waals surface area contributed by atoms with Gasteiger partial charge in [-0.3, -0.25) is 14.6 Å². The maximum absolute atomic E-state index is 12.6. The molecule has 0 aliphatic carbocycles. The van der Waals surface area contributed by atoms with Crippen molar-refractivity contribution in [1.29, 1.82) is 0 Å². The van der Waals surface area contributed by atoms with Crippen LogP contribution in [0.2, 0.25) is 5.02 Å². The molecule has 0 unspecified atom stereocenters. The van der Waals surface area contributed by atoms with Gasteiger partial charge in [0.1, 0.15) is 0 Å². The van der Waals surface area contributed by atoms with E-state index in [9.17, 15) is 9.59 Å². The number of carbonyl (C=O) groups is 2. The minimum absolute atomic E-state index is 0.0597. The summed E-state index contributed by atoms with van der Waals surface area (Å²) in [6.07, 6.45) is 1.63. The van der Waals surface area contributed by atoms with Crippen molar-refractivity contribution in [2.45, 2.75) is 6.92 Å². The zero-order chi connectivity index (χ0) is 18.0. The number of aromatic nitrogens is 1. The first-order valence-corrected chi connectivity index (χ1v) is 8.04. The van der Waals surface area contributed by atoms with Crippen LogP contribution >= 0.6 is 11.6 Å². The molecule has 1 aromatic heterocycles. The Morgan fingerprint density at radius 2 is 1.80 bits per heavy atom. The second-order valence-corrected chi connectivity index (χ2v) is 5.98. The van der Waals surface area contributed by atoms with Crippen molar-refractivity contribution in [1.82, 2.24) is 4.98 Å². The lowest BCUT2D eigenvalue weighted by Gasteiger charge is -2.15. The fraction of sp³-hybridized carbons (Fsp3) is 0.105. The molecule has 5 nitrogen and oxygen atoms in total. The summed E-state index contributed by atoms with van der Waals surface area (Å²) >= 11 is 6.16. The van der Waals surface area contributed by atoms with E-state index in [1.54, 1.807) is 55.7 Å². The second kappa shape index (κ2) is 6.91. The predicted octanol–water partition coefficient (Wildman–Crippen LogP) is 4.12. The molecule has 0 aliphatic rings. The zero-order valence-corrected chi connectivity index (χ0v) is 14.5. The van der Waals surface area contributed by atoms with Crippen molar-refractivity contribution in [2.75, 3.05) is 17.3 Å². The molecule has 3 aromatic rings. The average molecular weight is 354 g/mol. The van der Waals surface area contributed by atoms with Gasteiger partial charge in [0.25, 0.3) is 5.91 Å². The molecule has 0 fully saturated rings. The van der Waals surface area contributed by atoms with Crippen LogP contribution in [0.4, 0.5) is 11.4 Å². The van der Waals surface area contributed by atoms with Gasteiger partial charge in [-0.05, 0) is 48.5 Å². The molecule has 126 valence electrons. The van der Waals surface area contributed by atoms with Crippen LogP contribution in [0, 0.1) is 0 Å². The van der Waals surface area contributed by atoms with Crippen molar-refractivity contribution in [2.24, 2.45) is 0 Å². The molecule has 6 heteroatoms. The Kier molecular flexibility index (Phi) is 4.67. The lowest BCUT2D eigenvalue weighted by Crippen LogP contribution is -2.22. The summed E-state index contributed by atoms with van der Waals surface area (Å²) in [5.74, 6) is -0.330. The largest absolute Gasteiger partial charge is 0.322 e. The van der Waals surface area contributed by atoms with Crippen LogP contribution < -0.4 is 10.2 Å². The van der Waals surface area contributed by atoms with E-state index in [-0.39, 0.29) is 11.8 Å². The Hall–Kier alpha value is -2.92. The Morgan fingerprint density at radius 3 is 2.48 bits per heavy atom. The second-order valence-electron chi connectivity index (χ2n) is 5.57. The number of rotatable bonds is 3. The minimum Gasteiger partial charge on any atom is -0.322 e. The number of amides is 2. The molecule has 0 atom stereocenters. The normalized spacial score (nSPS) is 10.5. The molecule has 0 spiro atoms. The summed E-state index contributed by atoms with van der Waals surface area (Å²) in [5.41, 5.74) is 2.39. The monoisotopic (exact) mass is 353 g/mol. The summed E-state index contributed by atoms with van der Waals surface area (Å²) in [6, 6.07) is 14.0. The number of fused-ring (bicyclic) bond motifs is 1. The number of benzene rings is 2. The van der Waals surface area contributed by atoms with E-state index in [1.165, 1.54) is 11.8 Å². The molecule has 2 amide bonds. The minimum atomic E-state index is -0.270. The fourth-order valence-electron chi connectivity index (χ4n) is 2.47. The highest BCUT2D eigenvalue weighted by Crippen LogP contribution is 2.25. The lowest BCUT2D eigenvalue weighted by molar-refractivity contribution is -0.116. The highest BCUT2D eigenvalue weighted by molar-refractivity contribution is 6.36. The number of nitrogens with zero attached hydrogens (tertiary/aromatic N) is 2. The molecule has 0 saturated heterocycles. The first-order valence-electron chi connectivity index (χ1n) is 7.66. The number of hydrogen-bond acceptors (Lipinski definition) is 3. The number of pyridine rings is 1. The number of carbonyl (C=O) groups excluding carboxylic acids is 2. The zero-order valence-electron chi connectivity index (χ0n) is 13.8. The topological polar surface area (TPSA) is 62.3 Å². The lowest BCUT2D eigenvalue weighted by atomic mass is 10.1. The van der Waals surface area contributed by atoms with Crippen LogP contribution in [0.3, 0.4) is 0 Å². The highest BCUT2D eigenvalue weighted by Gasteiger charge is 2.13. The summed E-state index contributed by atoms with van der Waals surface area (Å²) in [6.45, 7) is 1.49. The van der Waals surface area contributed by atoms with E-state index in [0.29, 0.717) is 21.8 Å². The van der Waals surface area contributed by atoms with E-state index in [2.05, 4.69) is 10.3 Å². The van der Waals surface area contributed by atoms with Crippen molar-refractivity contribution in [3.63, 3.8) is 0 Å². The maximum atomic E-state index is 12.6. The average Bonchev–Trinajstić information content (AvgIpc) is 2.62. The van der Waals surface area contributed by atoms with Crippen LogP contribution in [0.5, 0.6) is 0 Å². The third kappa shape index (κ3) is 3.46. The van der Waals surface area contributed by atoms with E-state index in [1.807, 2.05) is 6.07 Å². The number of halogens is 1. The number of nitrogens with one attached hydrogen (secondary N) is 1. The smallest absolute Gasteiger partial charge is 0.257 e. The van der Waals surface area contributed by atoms with Crippen molar-refractivity contribution >= 4 is 45.7 Å². The Morgan fingerprint density at radius 1 is 1.08 bits per heavy atom. The summed E-state index contributed by atoms with van der Waals surface area (Å²) in [7, 11) is 1.70. The van der Waals surface area contributed by atoms with Gasteiger partial charge in [-0.25, -0.2) is 0 Å². The first kappa shape index (κ1) is 16.9. The Bertz CT molecular complexity index is 955. The number of anilines is 2. The van der Waals surface area contributed by atoms with Crippen LogP contribution in [-0.2, 0) is 4.79 Å². The maximum Gasteiger partial charge on any atom is 0.257 e. The molecule has 0 radical (unpaired) electrons. The highest BCUT2D eigenvalue weighted by atomic mass is 35.5. The van der Waals surface area contributed by atoms with Crippen molar-refractivity contribution in [3.8, 4) is 0 Å². The molecule has 1 heterocycles. The van der Waals surface area contributed by atoms with Crippen LogP contribution in [0.15, 0.2) is 54.7 Å². The Balaban J connectivity index is 1.86. The van der Waals surface area contributed by atoms with E-state index in [4.69, 9.17) is 11.6 Å². The van der Waals surface area contributed by atoms with E-state index >= 15 is 0 Å². The third-order valence-electron chi connectivity index (χ3n) is 3.95. The standard InChI is InChI=1S/C19H16ClN3O2/c1-12(24)23(2)14-7-5-13(6-8-14)22-19(25)16-9-10-17(20)15-4-3-11-21-18(15)16/h3-11H,1-2H3,(H,22,25). The van der Waals surface area contributed by atoms with Gasteiger partial charge in [-0.1, -0.05) is 11.6 Å². The molecular formula is C19H16ClN3O2. The molecule has 0 bridgehead atoms. The van der Waals surface area contributed by atoms with Crippen molar-refractivity contribution < 1.29 is 9.59 Å². The molecule has 0 saturated carbocycles. The van der Waals surface area contributed by atoms with Gasteiger partial charge < -0.3 is 10.2 Å². The third-order valence-corrected chi connectivity index (χ3v) is 4.28. The van der Waals surface area contributed by atoms with Gasteiger partial charge in [0.15, 0.2) is 0 Å². The van der Waals surface area contributed by atoms with Gasteiger partial charge in [-0.15, -0.1) is 0 Å². The molecular weight excluding hydrogens is 338 g/mol. The molecule has 0 aliphatic heterocycles. The molecule has 1 N–H and O–H groups in total. The molecule has 25 heavy (non-hydrogen) atoms. The molecule has 3 rings (SSSR count). The van der Waals surface area contributed by atoms with Gasteiger partial charge in [0.05, 0.1) is 16.1 Å². The van der Waals surface area contributed by atoms with Crippen LogP contribution in [-0.4, -0.2) is 23.8 Å². The van der Waals surface area contributed by atoms with Crippen LogP contribution in [0.25, 0.3) is 10.9 Å². The molecule has 2 aromatic carbocycles. The SMILES string of the molecule is CC(=O)N(C)c1ccc(NC(=O)c2ccc(Cl)c3cccnc23)cc1. The van der Waals surface area contributed by atoms with Gasteiger partial charge in [-0.2, -0.15) is 0 Å². The first-order chi connectivity index (χ1) is 12.0. The van der Waals surface area contributed by atoms with Crippen molar-refractivity contribution in [3.05, 3.63) is 65.3 Å². The van der Waals surface area contributed by atoms with E-state index < -0.39 is 0 Å². The number of hydrogen-bond donors (Lipinski definition) is 1. The van der Waals surface area contributed by atoms with Gasteiger partial charge >= 0.3 is 0 Å². The predicted molar refractivity (Wildman–Crippen MR) is 100 cm³/mol. The summed E-state index contributed by atoms with van der Waals surface area (Å²) < 4.78 is 0.